The van der Waals surface area contributed by atoms with E-state index in [0.29, 0.717) is 6.54 Å². The highest BCUT2D eigenvalue weighted by Gasteiger charge is 2.12. The van der Waals surface area contributed by atoms with Crippen LogP contribution in [0, 0.1) is 0 Å². The summed E-state index contributed by atoms with van der Waals surface area (Å²) in [5.74, 6) is 0. The van der Waals surface area contributed by atoms with Crippen molar-refractivity contribution in [3.63, 3.8) is 0 Å². The van der Waals surface area contributed by atoms with Gasteiger partial charge < -0.3 is 20.6 Å². The maximum atomic E-state index is 11.4. The van der Waals surface area contributed by atoms with Gasteiger partial charge >= 0.3 is 6.03 Å². The van der Waals surface area contributed by atoms with Crippen LogP contribution in [0.5, 0.6) is 0 Å². The van der Waals surface area contributed by atoms with Crippen molar-refractivity contribution in [3.8, 4) is 0 Å². The number of rotatable bonds is 6. The molecule has 0 rings (SSSR count). The number of likely N-dealkylation sites (N-methyl/N-ethyl adjacent to an activating group) is 1. The Morgan fingerprint density at radius 3 is 2.41 bits per heavy atom. The van der Waals surface area contributed by atoms with Gasteiger partial charge in [-0.3, -0.25) is 0 Å². The molecule has 0 aromatic carbocycles. The van der Waals surface area contributed by atoms with E-state index in [1.165, 1.54) is 0 Å². The summed E-state index contributed by atoms with van der Waals surface area (Å²) in [7, 11) is 1.98. The highest BCUT2D eigenvalue weighted by molar-refractivity contribution is 5.74. The van der Waals surface area contributed by atoms with Crippen LogP contribution in [0.25, 0.3) is 0 Å². The van der Waals surface area contributed by atoms with E-state index in [0.717, 1.165) is 19.5 Å². The summed E-state index contributed by atoms with van der Waals surface area (Å²) < 4.78 is 0. The van der Waals surface area contributed by atoms with Crippen LogP contribution in [0.4, 0.5) is 4.79 Å². The first-order valence-electron chi connectivity index (χ1n) is 6.13. The number of hydrogen-bond donors (Lipinski definition) is 3. The Morgan fingerprint density at radius 1 is 1.35 bits per heavy atom. The third-order valence-electron chi connectivity index (χ3n) is 2.20. The fourth-order valence-electron chi connectivity index (χ4n) is 1.26. The molecule has 0 fully saturated rings. The van der Waals surface area contributed by atoms with Gasteiger partial charge in [-0.1, -0.05) is 0 Å². The van der Waals surface area contributed by atoms with Gasteiger partial charge in [0.25, 0.3) is 0 Å². The molecule has 0 aromatic rings. The molecule has 2 amide bonds. The van der Waals surface area contributed by atoms with Gasteiger partial charge in [-0.05, 0) is 41.2 Å². The Hall–Kier alpha value is -0.810. The molecule has 0 spiro atoms. The first-order valence-corrected chi connectivity index (χ1v) is 6.13. The Morgan fingerprint density at radius 2 is 1.94 bits per heavy atom. The Labute approximate surface area is 105 Å². The van der Waals surface area contributed by atoms with Gasteiger partial charge in [-0.2, -0.15) is 0 Å². The van der Waals surface area contributed by atoms with Crippen molar-refractivity contribution in [1.29, 1.82) is 0 Å². The summed E-state index contributed by atoms with van der Waals surface area (Å²) in [5, 5.41) is 14.8. The van der Waals surface area contributed by atoms with Crippen LogP contribution in [0.1, 0.15) is 34.1 Å². The molecule has 1 unspecified atom stereocenters. The lowest BCUT2D eigenvalue weighted by atomic mass is 10.1. The average Bonchev–Trinajstić information content (AvgIpc) is 2.11. The van der Waals surface area contributed by atoms with Gasteiger partial charge in [0.15, 0.2) is 0 Å². The second kappa shape index (κ2) is 7.50. The molecule has 0 radical (unpaired) electrons. The number of nitrogens with one attached hydrogen (secondary N) is 2. The molecule has 0 saturated heterocycles. The first-order chi connectivity index (χ1) is 7.70. The van der Waals surface area contributed by atoms with E-state index in [-0.39, 0.29) is 17.7 Å². The zero-order valence-electron chi connectivity index (χ0n) is 11.7. The van der Waals surface area contributed by atoms with Gasteiger partial charge in [0, 0.05) is 25.2 Å². The van der Waals surface area contributed by atoms with Gasteiger partial charge in [0.1, 0.15) is 0 Å². The molecule has 0 aliphatic heterocycles. The van der Waals surface area contributed by atoms with Crippen molar-refractivity contribution in [2.24, 2.45) is 0 Å². The summed E-state index contributed by atoms with van der Waals surface area (Å²) in [6.45, 7) is 9.84. The zero-order chi connectivity index (χ0) is 13.5. The summed E-state index contributed by atoms with van der Waals surface area (Å²) >= 11 is 0. The molecule has 5 heteroatoms. The van der Waals surface area contributed by atoms with E-state index in [2.05, 4.69) is 15.5 Å². The highest BCUT2D eigenvalue weighted by Crippen LogP contribution is 1.97. The van der Waals surface area contributed by atoms with E-state index in [1.807, 2.05) is 27.8 Å². The molecule has 0 bridgehead atoms. The maximum Gasteiger partial charge on any atom is 0.315 e. The second-order valence-electron chi connectivity index (χ2n) is 5.57. The largest absolute Gasteiger partial charge is 0.393 e. The van der Waals surface area contributed by atoms with Crippen LogP contribution < -0.4 is 10.6 Å². The van der Waals surface area contributed by atoms with E-state index in [4.69, 9.17) is 5.11 Å². The topological polar surface area (TPSA) is 64.6 Å². The Balaban J connectivity index is 3.59. The van der Waals surface area contributed by atoms with Gasteiger partial charge in [0.05, 0.1) is 6.10 Å². The van der Waals surface area contributed by atoms with Crippen LogP contribution >= 0.6 is 0 Å². The van der Waals surface area contributed by atoms with Crippen molar-refractivity contribution in [3.05, 3.63) is 0 Å². The van der Waals surface area contributed by atoms with Gasteiger partial charge in [-0.15, -0.1) is 0 Å². The molecule has 5 nitrogen and oxygen atoms in total. The van der Waals surface area contributed by atoms with E-state index >= 15 is 0 Å². The van der Waals surface area contributed by atoms with Crippen molar-refractivity contribution in [2.75, 3.05) is 26.7 Å². The highest BCUT2D eigenvalue weighted by atomic mass is 16.3. The zero-order valence-corrected chi connectivity index (χ0v) is 11.7. The molecular weight excluding hydrogens is 218 g/mol. The third-order valence-corrected chi connectivity index (χ3v) is 2.20. The first kappa shape index (κ1) is 16.2. The molecule has 17 heavy (non-hydrogen) atoms. The van der Waals surface area contributed by atoms with Gasteiger partial charge in [-0.25, -0.2) is 4.79 Å². The molecule has 3 N–H and O–H groups in total. The van der Waals surface area contributed by atoms with Crippen LogP contribution in [-0.4, -0.2) is 54.4 Å². The lowest BCUT2D eigenvalue weighted by molar-refractivity contribution is 0.164. The number of aliphatic hydroxyl groups is 1. The van der Waals surface area contributed by atoms with Gasteiger partial charge in [0.2, 0.25) is 0 Å². The quantitative estimate of drug-likeness (QED) is 0.648. The minimum atomic E-state index is -0.269. The molecule has 1 atom stereocenters. The van der Waals surface area contributed by atoms with Crippen molar-refractivity contribution < 1.29 is 9.90 Å². The summed E-state index contributed by atoms with van der Waals surface area (Å²) in [5.41, 5.74) is -0.206. The number of urea groups is 1. The maximum absolute atomic E-state index is 11.4. The monoisotopic (exact) mass is 245 g/mol. The average molecular weight is 245 g/mol. The fourth-order valence-corrected chi connectivity index (χ4v) is 1.26. The van der Waals surface area contributed by atoms with Crippen molar-refractivity contribution in [1.82, 2.24) is 15.5 Å². The SMILES string of the molecule is CC(O)CCN(C)CCNC(=O)NC(C)(C)C. The van der Waals surface area contributed by atoms with E-state index in [9.17, 15) is 4.79 Å². The standard InChI is InChI=1S/C12H27N3O2/c1-10(16)6-8-15(5)9-7-13-11(17)14-12(2,3)4/h10,16H,6-9H2,1-5H3,(H2,13,14,17). The number of aliphatic hydroxyl groups excluding tert-OH is 1. The van der Waals surface area contributed by atoms with Crippen molar-refractivity contribution >= 4 is 6.03 Å². The van der Waals surface area contributed by atoms with Crippen LogP contribution in [0.3, 0.4) is 0 Å². The summed E-state index contributed by atoms with van der Waals surface area (Å²) in [4.78, 5) is 13.5. The fraction of sp³-hybridized carbons (Fsp3) is 0.917. The molecule has 0 aromatic heterocycles. The Bertz CT molecular complexity index is 224. The molecule has 0 heterocycles. The van der Waals surface area contributed by atoms with Crippen molar-refractivity contribution in [2.45, 2.75) is 45.8 Å². The molecule has 0 saturated carbocycles. The van der Waals surface area contributed by atoms with E-state index < -0.39 is 0 Å². The minimum Gasteiger partial charge on any atom is -0.393 e. The predicted molar refractivity (Wildman–Crippen MR) is 70.1 cm³/mol. The molecule has 0 aliphatic rings. The number of nitrogens with zero attached hydrogens (tertiary/aromatic N) is 1. The molecule has 102 valence electrons. The lowest BCUT2D eigenvalue weighted by Gasteiger charge is -2.22. The number of carbonyl (C=O) groups is 1. The van der Waals surface area contributed by atoms with Crippen LogP contribution in [0.2, 0.25) is 0 Å². The third kappa shape index (κ3) is 11.5. The molecule has 0 aliphatic carbocycles. The van der Waals surface area contributed by atoms with Crippen LogP contribution in [-0.2, 0) is 0 Å². The number of carbonyl (C=O) groups excluding carboxylic acids is 1. The smallest absolute Gasteiger partial charge is 0.315 e. The molecular formula is C12H27N3O2. The second-order valence-corrected chi connectivity index (χ2v) is 5.57. The summed E-state index contributed by atoms with van der Waals surface area (Å²) in [6.07, 6.45) is 0.486. The normalized spacial score (nSPS) is 13.6. The number of hydrogen-bond acceptors (Lipinski definition) is 3. The lowest BCUT2D eigenvalue weighted by Crippen LogP contribution is -2.47. The predicted octanol–water partition coefficient (Wildman–Crippen LogP) is 0.787. The summed E-state index contributed by atoms with van der Waals surface area (Å²) in [6, 6.07) is -0.138. The van der Waals surface area contributed by atoms with Crippen LogP contribution in [0.15, 0.2) is 0 Å². The minimum absolute atomic E-state index is 0.138. The number of amides is 2. The van der Waals surface area contributed by atoms with E-state index in [1.54, 1.807) is 6.92 Å². The Kier molecular flexibility index (Phi) is 7.15.